The lowest BCUT2D eigenvalue weighted by atomic mass is 10.1. The summed E-state index contributed by atoms with van der Waals surface area (Å²) in [7, 11) is 0. The highest BCUT2D eigenvalue weighted by molar-refractivity contribution is 6.30. The molecule has 0 bridgehead atoms. The SMILES string of the molecule is CCCNC(=O)NCC1CCN(c2ccc(Cl)cc2)C1. The van der Waals surface area contributed by atoms with Gasteiger partial charge in [0.1, 0.15) is 0 Å². The van der Waals surface area contributed by atoms with E-state index in [-0.39, 0.29) is 6.03 Å². The van der Waals surface area contributed by atoms with E-state index in [1.807, 2.05) is 31.2 Å². The molecule has 4 nitrogen and oxygen atoms in total. The minimum absolute atomic E-state index is 0.0585. The van der Waals surface area contributed by atoms with E-state index in [1.165, 1.54) is 5.69 Å². The van der Waals surface area contributed by atoms with Gasteiger partial charge in [0.2, 0.25) is 0 Å². The number of amides is 2. The molecule has 1 fully saturated rings. The fourth-order valence-corrected chi connectivity index (χ4v) is 2.55. The van der Waals surface area contributed by atoms with Crippen molar-refractivity contribution >= 4 is 23.3 Å². The Hall–Kier alpha value is -1.42. The second-order valence-electron chi connectivity index (χ2n) is 5.21. The molecule has 5 heteroatoms. The van der Waals surface area contributed by atoms with Gasteiger partial charge < -0.3 is 15.5 Å². The van der Waals surface area contributed by atoms with Crippen molar-refractivity contribution in [3.63, 3.8) is 0 Å². The maximum atomic E-state index is 11.5. The molecule has 2 amide bonds. The Balaban J connectivity index is 1.75. The number of halogens is 1. The molecule has 1 heterocycles. The van der Waals surface area contributed by atoms with E-state index in [4.69, 9.17) is 11.6 Å². The van der Waals surface area contributed by atoms with Crippen molar-refractivity contribution in [1.82, 2.24) is 10.6 Å². The Kier molecular flexibility index (Phi) is 5.53. The van der Waals surface area contributed by atoms with Crippen molar-refractivity contribution in [3.8, 4) is 0 Å². The van der Waals surface area contributed by atoms with Crippen LogP contribution in [0.3, 0.4) is 0 Å². The number of rotatable bonds is 5. The Morgan fingerprint density at radius 2 is 2.10 bits per heavy atom. The maximum absolute atomic E-state index is 11.5. The first-order chi connectivity index (χ1) is 9.69. The third-order valence-electron chi connectivity index (χ3n) is 3.56. The number of carbonyl (C=O) groups is 1. The van der Waals surface area contributed by atoms with E-state index >= 15 is 0 Å². The second kappa shape index (κ2) is 7.39. The van der Waals surface area contributed by atoms with Gasteiger partial charge in [-0.25, -0.2) is 4.79 Å². The number of nitrogens with zero attached hydrogens (tertiary/aromatic N) is 1. The van der Waals surface area contributed by atoms with Gasteiger partial charge in [0.25, 0.3) is 0 Å². The van der Waals surface area contributed by atoms with Crippen LogP contribution < -0.4 is 15.5 Å². The first-order valence-electron chi connectivity index (χ1n) is 7.21. The van der Waals surface area contributed by atoms with E-state index in [2.05, 4.69) is 15.5 Å². The van der Waals surface area contributed by atoms with E-state index in [9.17, 15) is 4.79 Å². The Morgan fingerprint density at radius 3 is 2.80 bits per heavy atom. The molecule has 0 aromatic heterocycles. The Labute approximate surface area is 125 Å². The zero-order valence-electron chi connectivity index (χ0n) is 11.9. The number of hydrogen-bond donors (Lipinski definition) is 2. The van der Waals surface area contributed by atoms with Crippen molar-refractivity contribution in [1.29, 1.82) is 0 Å². The van der Waals surface area contributed by atoms with Gasteiger partial charge in [0, 0.05) is 36.9 Å². The molecule has 1 saturated heterocycles. The molecule has 1 atom stereocenters. The van der Waals surface area contributed by atoms with Gasteiger partial charge in [-0.2, -0.15) is 0 Å². The molecule has 1 unspecified atom stereocenters. The van der Waals surface area contributed by atoms with Gasteiger partial charge in [0.15, 0.2) is 0 Å². The van der Waals surface area contributed by atoms with E-state index in [0.717, 1.165) is 44.0 Å². The van der Waals surface area contributed by atoms with Crippen molar-refractivity contribution < 1.29 is 4.79 Å². The molecule has 0 aliphatic carbocycles. The highest BCUT2D eigenvalue weighted by Gasteiger charge is 2.22. The highest BCUT2D eigenvalue weighted by Crippen LogP contribution is 2.24. The number of anilines is 1. The van der Waals surface area contributed by atoms with Crippen LogP contribution in [0.1, 0.15) is 19.8 Å². The summed E-state index contributed by atoms with van der Waals surface area (Å²) in [6.07, 6.45) is 2.07. The summed E-state index contributed by atoms with van der Waals surface area (Å²) in [5, 5.41) is 6.53. The number of nitrogens with one attached hydrogen (secondary N) is 2. The van der Waals surface area contributed by atoms with Crippen LogP contribution in [0, 0.1) is 5.92 Å². The lowest BCUT2D eigenvalue weighted by molar-refractivity contribution is 0.239. The molecule has 1 aromatic carbocycles. The number of hydrogen-bond acceptors (Lipinski definition) is 2. The van der Waals surface area contributed by atoms with E-state index in [1.54, 1.807) is 0 Å². The Morgan fingerprint density at radius 1 is 1.35 bits per heavy atom. The lowest BCUT2D eigenvalue weighted by Gasteiger charge is -2.19. The fraction of sp³-hybridized carbons (Fsp3) is 0.533. The van der Waals surface area contributed by atoms with Crippen LogP contribution in [0.25, 0.3) is 0 Å². The molecule has 2 rings (SSSR count). The first kappa shape index (κ1) is 15.0. The predicted octanol–water partition coefficient (Wildman–Crippen LogP) is 2.88. The molecule has 20 heavy (non-hydrogen) atoms. The number of urea groups is 1. The smallest absolute Gasteiger partial charge is 0.314 e. The van der Waals surface area contributed by atoms with Gasteiger partial charge in [-0.15, -0.1) is 0 Å². The van der Waals surface area contributed by atoms with Crippen LogP contribution in [0.5, 0.6) is 0 Å². The van der Waals surface area contributed by atoms with Crippen molar-refractivity contribution in [3.05, 3.63) is 29.3 Å². The monoisotopic (exact) mass is 295 g/mol. The summed E-state index contributed by atoms with van der Waals surface area (Å²) >= 11 is 5.90. The predicted molar refractivity (Wildman–Crippen MR) is 83.5 cm³/mol. The molecule has 0 spiro atoms. The van der Waals surface area contributed by atoms with Crippen molar-refractivity contribution in [2.45, 2.75) is 19.8 Å². The normalized spacial score (nSPS) is 18.1. The average molecular weight is 296 g/mol. The lowest BCUT2D eigenvalue weighted by Crippen LogP contribution is -2.39. The van der Waals surface area contributed by atoms with Crippen LogP contribution in [0.15, 0.2) is 24.3 Å². The third kappa shape index (κ3) is 4.30. The minimum Gasteiger partial charge on any atom is -0.371 e. The van der Waals surface area contributed by atoms with E-state index in [0.29, 0.717) is 5.92 Å². The molecule has 110 valence electrons. The summed E-state index contributed by atoms with van der Waals surface area (Å²) in [5.74, 6) is 0.512. The largest absolute Gasteiger partial charge is 0.371 e. The molecule has 1 aliphatic rings. The topological polar surface area (TPSA) is 44.4 Å². The zero-order valence-corrected chi connectivity index (χ0v) is 12.6. The highest BCUT2D eigenvalue weighted by atomic mass is 35.5. The van der Waals surface area contributed by atoms with Crippen molar-refractivity contribution in [2.24, 2.45) is 5.92 Å². The maximum Gasteiger partial charge on any atom is 0.314 e. The molecular weight excluding hydrogens is 274 g/mol. The quantitative estimate of drug-likeness (QED) is 0.877. The molecule has 2 N–H and O–H groups in total. The average Bonchev–Trinajstić information content (AvgIpc) is 2.92. The van der Waals surface area contributed by atoms with Gasteiger partial charge in [-0.3, -0.25) is 0 Å². The third-order valence-corrected chi connectivity index (χ3v) is 3.82. The summed E-state index contributed by atoms with van der Waals surface area (Å²) in [4.78, 5) is 13.8. The summed E-state index contributed by atoms with van der Waals surface area (Å²) in [5.41, 5.74) is 1.20. The molecule has 1 aromatic rings. The molecular formula is C15H22ClN3O. The van der Waals surface area contributed by atoms with Crippen molar-refractivity contribution in [2.75, 3.05) is 31.1 Å². The number of carbonyl (C=O) groups excluding carboxylic acids is 1. The summed E-state index contributed by atoms with van der Waals surface area (Å²) in [6, 6.07) is 7.87. The minimum atomic E-state index is -0.0585. The van der Waals surface area contributed by atoms with E-state index < -0.39 is 0 Å². The molecule has 0 saturated carbocycles. The standard InChI is InChI=1S/C15H22ClN3O/c1-2-8-17-15(20)18-10-12-7-9-19(11-12)14-5-3-13(16)4-6-14/h3-6,12H,2,7-11H2,1H3,(H2,17,18,20). The zero-order chi connectivity index (χ0) is 14.4. The first-order valence-corrected chi connectivity index (χ1v) is 7.59. The number of benzene rings is 1. The van der Waals surface area contributed by atoms with Gasteiger partial charge in [0.05, 0.1) is 0 Å². The van der Waals surface area contributed by atoms with Crippen LogP contribution >= 0.6 is 11.6 Å². The van der Waals surface area contributed by atoms with Gasteiger partial charge >= 0.3 is 6.03 Å². The molecule has 0 radical (unpaired) electrons. The summed E-state index contributed by atoms with van der Waals surface area (Å²) in [6.45, 7) is 5.52. The van der Waals surface area contributed by atoms with Gasteiger partial charge in [-0.1, -0.05) is 18.5 Å². The molecule has 1 aliphatic heterocycles. The van der Waals surface area contributed by atoms with Crippen LogP contribution in [-0.2, 0) is 0 Å². The fourth-order valence-electron chi connectivity index (χ4n) is 2.42. The Bertz CT molecular complexity index is 435. The van der Waals surface area contributed by atoms with Crippen LogP contribution in [0.4, 0.5) is 10.5 Å². The second-order valence-corrected chi connectivity index (χ2v) is 5.65. The van der Waals surface area contributed by atoms with Crippen LogP contribution in [-0.4, -0.2) is 32.2 Å². The summed E-state index contributed by atoms with van der Waals surface area (Å²) < 4.78 is 0. The van der Waals surface area contributed by atoms with Crippen LogP contribution in [0.2, 0.25) is 5.02 Å². The van der Waals surface area contributed by atoms with Gasteiger partial charge in [-0.05, 0) is 43.0 Å².